The fourth-order valence-electron chi connectivity index (χ4n) is 2.11. The minimum atomic E-state index is 0.316. The Morgan fingerprint density at radius 3 is 2.79 bits per heavy atom. The molecule has 1 heteroatoms. The molecule has 1 aliphatic carbocycles. The zero-order valence-electron chi connectivity index (χ0n) is 8.84. The average molecular weight is 188 g/mol. The Balaban J connectivity index is 2.28. The molecule has 0 saturated heterocycles. The van der Waals surface area contributed by atoms with Crippen LogP contribution in [0.15, 0.2) is 18.2 Å². The molecule has 0 N–H and O–H groups in total. The summed E-state index contributed by atoms with van der Waals surface area (Å²) in [6.45, 7) is 4.44. The lowest BCUT2D eigenvalue weighted by molar-refractivity contribution is 0.0994. The number of carbonyl (C=O) groups is 1. The SMILES string of the molecule is CC(C)Cc1ccc2c(c1)CCC2=O. The summed E-state index contributed by atoms with van der Waals surface area (Å²) in [6.07, 6.45) is 2.77. The van der Waals surface area contributed by atoms with Crippen molar-refractivity contribution in [3.05, 3.63) is 34.9 Å². The van der Waals surface area contributed by atoms with E-state index in [0.29, 0.717) is 18.1 Å². The number of hydrogen-bond acceptors (Lipinski definition) is 1. The Kier molecular flexibility index (Phi) is 2.40. The molecule has 14 heavy (non-hydrogen) atoms. The van der Waals surface area contributed by atoms with E-state index in [1.165, 1.54) is 11.1 Å². The fourth-order valence-corrected chi connectivity index (χ4v) is 2.11. The highest BCUT2D eigenvalue weighted by Gasteiger charge is 2.18. The zero-order valence-corrected chi connectivity index (χ0v) is 8.84. The predicted molar refractivity (Wildman–Crippen MR) is 57.6 cm³/mol. The van der Waals surface area contributed by atoms with Crippen LogP contribution in [0.25, 0.3) is 0 Å². The molecule has 0 unspecified atom stereocenters. The van der Waals surface area contributed by atoms with E-state index in [0.717, 1.165) is 18.4 Å². The van der Waals surface area contributed by atoms with Crippen molar-refractivity contribution in [1.82, 2.24) is 0 Å². The highest BCUT2D eigenvalue weighted by Crippen LogP contribution is 2.23. The molecular formula is C13H16O. The topological polar surface area (TPSA) is 17.1 Å². The van der Waals surface area contributed by atoms with Gasteiger partial charge in [0, 0.05) is 12.0 Å². The summed E-state index contributed by atoms with van der Waals surface area (Å²) in [7, 11) is 0. The minimum Gasteiger partial charge on any atom is -0.294 e. The predicted octanol–water partition coefficient (Wildman–Crippen LogP) is 3.01. The van der Waals surface area contributed by atoms with Crippen LogP contribution in [0.4, 0.5) is 0 Å². The van der Waals surface area contributed by atoms with Gasteiger partial charge in [0.1, 0.15) is 0 Å². The summed E-state index contributed by atoms with van der Waals surface area (Å²) in [5.74, 6) is 1.00. The lowest BCUT2D eigenvalue weighted by Crippen LogP contribution is -1.96. The molecule has 1 nitrogen and oxygen atoms in total. The number of hydrogen-bond donors (Lipinski definition) is 0. The maximum atomic E-state index is 11.4. The number of aryl methyl sites for hydroxylation is 1. The lowest BCUT2D eigenvalue weighted by Gasteiger charge is -2.06. The van der Waals surface area contributed by atoms with Crippen molar-refractivity contribution in [2.45, 2.75) is 33.1 Å². The smallest absolute Gasteiger partial charge is 0.163 e. The molecule has 0 saturated carbocycles. The van der Waals surface area contributed by atoms with Crippen LogP contribution in [0.2, 0.25) is 0 Å². The van der Waals surface area contributed by atoms with E-state index in [-0.39, 0.29) is 0 Å². The number of Topliss-reactive ketones (excluding diaryl/α,β-unsaturated/α-hetero) is 1. The molecule has 0 atom stereocenters. The molecule has 2 rings (SSSR count). The van der Waals surface area contributed by atoms with Gasteiger partial charge in [-0.1, -0.05) is 32.0 Å². The summed E-state index contributed by atoms with van der Waals surface area (Å²) in [4.78, 5) is 11.4. The molecule has 74 valence electrons. The summed E-state index contributed by atoms with van der Waals surface area (Å²) >= 11 is 0. The van der Waals surface area contributed by atoms with Gasteiger partial charge in [-0.3, -0.25) is 4.79 Å². The lowest BCUT2D eigenvalue weighted by atomic mass is 9.99. The second-order valence-corrected chi connectivity index (χ2v) is 4.51. The second kappa shape index (κ2) is 3.56. The molecule has 1 aromatic carbocycles. The van der Waals surface area contributed by atoms with Crippen molar-refractivity contribution in [2.24, 2.45) is 5.92 Å². The highest BCUT2D eigenvalue weighted by atomic mass is 16.1. The van der Waals surface area contributed by atoms with Crippen molar-refractivity contribution in [1.29, 1.82) is 0 Å². The molecule has 0 amide bonds. The molecule has 0 aromatic heterocycles. The normalized spacial score (nSPS) is 14.9. The van der Waals surface area contributed by atoms with E-state index in [2.05, 4.69) is 26.0 Å². The monoisotopic (exact) mass is 188 g/mol. The Morgan fingerprint density at radius 2 is 2.07 bits per heavy atom. The Labute approximate surface area is 85.1 Å². The Bertz CT molecular complexity index is 363. The van der Waals surface area contributed by atoms with E-state index in [4.69, 9.17) is 0 Å². The summed E-state index contributed by atoms with van der Waals surface area (Å²) in [5.41, 5.74) is 3.58. The van der Waals surface area contributed by atoms with Crippen LogP contribution in [0.3, 0.4) is 0 Å². The molecule has 0 bridgehead atoms. The summed E-state index contributed by atoms with van der Waals surface area (Å²) in [5, 5.41) is 0. The van der Waals surface area contributed by atoms with Crippen molar-refractivity contribution < 1.29 is 4.79 Å². The molecule has 0 aliphatic heterocycles. The zero-order chi connectivity index (χ0) is 10.1. The van der Waals surface area contributed by atoms with Crippen LogP contribution in [-0.2, 0) is 12.8 Å². The Morgan fingerprint density at radius 1 is 1.29 bits per heavy atom. The molecular weight excluding hydrogens is 172 g/mol. The van der Waals surface area contributed by atoms with Crippen LogP contribution >= 0.6 is 0 Å². The minimum absolute atomic E-state index is 0.316. The van der Waals surface area contributed by atoms with Crippen LogP contribution in [0.1, 0.15) is 41.8 Å². The second-order valence-electron chi connectivity index (χ2n) is 4.51. The van der Waals surface area contributed by atoms with Gasteiger partial charge in [0.2, 0.25) is 0 Å². The van der Waals surface area contributed by atoms with Gasteiger partial charge in [0.15, 0.2) is 5.78 Å². The van der Waals surface area contributed by atoms with Gasteiger partial charge in [-0.05, 0) is 29.9 Å². The van der Waals surface area contributed by atoms with E-state index >= 15 is 0 Å². The number of benzene rings is 1. The first-order valence-electron chi connectivity index (χ1n) is 5.32. The summed E-state index contributed by atoms with van der Waals surface area (Å²) < 4.78 is 0. The maximum absolute atomic E-state index is 11.4. The van der Waals surface area contributed by atoms with Crippen LogP contribution in [0, 0.1) is 5.92 Å². The number of carbonyl (C=O) groups excluding carboxylic acids is 1. The molecule has 1 aliphatic rings. The Hall–Kier alpha value is -1.11. The van der Waals surface area contributed by atoms with E-state index in [1.807, 2.05) is 6.07 Å². The number of fused-ring (bicyclic) bond motifs is 1. The average Bonchev–Trinajstić information content (AvgIpc) is 2.46. The third-order valence-electron chi connectivity index (χ3n) is 2.74. The quantitative estimate of drug-likeness (QED) is 0.697. The van der Waals surface area contributed by atoms with Crippen molar-refractivity contribution in [2.75, 3.05) is 0 Å². The molecule has 0 heterocycles. The summed E-state index contributed by atoms with van der Waals surface area (Å²) in [6, 6.07) is 6.31. The van der Waals surface area contributed by atoms with E-state index in [9.17, 15) is 4.79 Å². The third-order valence-corrected chi connectivity index (χ3v) is 2.74. The van der Waals surface area contributed by atoms with E-state index < -0.39 is 0 Å². The standard InChI is InChI=1S/C13H16O/c1-9(2)7-10-3-5-12-11(8-10)4-6-13(12)14/h3,5,8-9H,4,6-7H2,1-2H3. The van der Waals surface area contributed by atoms with Crippen molar-refractivity contribution >= 4 is 5.78 Å². The molecule has 0 fully saturated rings. The molecule has 1 aromatic rings. The molecule has 0 radical (unpaired) electrons. The van der Waals surface area contributed by atoms with Gasteiger partial charge >= 0.3 is 0 Å². The molecule has 0 spiro atoms. The van der Waals surface area contributed by atoms with Gasteiger partial charge in [0.25, 0.3) is 0 Å². The first kappa shape index (κ1) is 9.45. The van der Waals surface area contributed by atoms with Crippen LogP contribution in [-0.4, -0.2) is 5.78 Å². The first-order chi connectivity index (χ1) is 6.66. The van der Waals surface area contributed by atoms with Gasteiger partial charge in [-0.15, -0.1) is 0 Å². The van der Waals surface area contributed by atoms with Gasteiger partial charge in [-0.25, -0.2) is 0 Å². The highest BCUT2D eigenvalue weighted by molar-refractivity contribution is 6.00. The number of rotatable bonds is 2. The van der Waals surface area contributed by atoms with Crippen molar-refractivity contribution in [3.8, 4) is 0 Å². The van der Waals surface area contributed by atoms with E-state index in [1.54, 1.807) is 0 Å². The first-order valence-corrected chi connectivity index (χ1v) is 5.32. The van der Waals surface area contributed by atoms with Gasteiger partial charge < -0.3 is 0 Å². The van der Waals surface area contributed by atoms with Gasteiger partial charge in [-0.2, -0.15) is 0 Å². The number of ketones is 1. The maximum Gasteiger partial charge on any atom is 0.163 e. The van der Waals surface area contributed by atoms with Gasteiger partial charge in [0.05, 0.1) is 0 Å². The van der Waals surface area contributed by atoms with Crippen LogP contribution in [0.5, 0.6) is 0 Å². The van der Waals surface area contributed by atoms with Crippen molar-refractivity contribution in [3.63, 3.8) is 0 Å². The fraction of sp³-hybridized carbons (Fsp3) is 0.462. The van der Waals surface area contributed by atoms with Crippen LogP contribution < -0.4 is 0 Å². The largest absolute Gasteiger partial charge is 0.294 e. The third kappa shape index (κ3) is 1.72.